The van der Waals surface area contributed by atoms with Gasteiger partial charge < -0.3 is 9.52 Å². The van der Waals surface area contributed by atoms with Gasteiger partial charge in [-0.2, -0.15) is 0 Å². The van der Waals surface area contributed by atoms with Crippen LogP contribution in [0.5, 0.6) is 0 Å². The number of halogens is 1. The third-order valence-corrected chi connectivity index (χ3v) is 3.88. The Hall–Kier alpha value is -1.99. The largest absolute Gasteiger partial charge is 0.478 e. The van der Waals surface area contributed by atoms with Gasteiger partial charge in [-0.1, -0.05) is 0 Å². The van der Waals surface area contributed by atoms with Gasteiger partial charge in [-0.25, -0.2) is 9.78 Å². The fraction of sp³-hybridized carbons (Fsp3) is 0. The molecule has 0 spiro atoms. The minimum atomic E-state index is -1.02. The zero-order valence-electron chi connectivity index (χ0n) is 9.91. The number of carboxylic acid groups (broad SMARTS) is 1. The number of carbonyl (C=O) groups is 1. The molecule has 5 nitrogen and oxygen atoms in total. The molecule has 3 aromatic rings. The smallest absolute Gasteiger partial charge is 0.338 e. The van der Waals surface area contributed by atoms with Gasteiger partial charge in [-0.05, 0) is 22.0 Å². The average molecular weight is 351 g/mol. The zero-order valence-corrected chi connectivity index (χ0v) is 12.3. The second-order valence-corrected chi connectivity index (χ2v) is 5.71. The van der Waals surface area contributed by atoms with Gasteiger partial charge in [-0.15, -0.1) is 11.3 Å². The Morgan fingerprint density at radius 3 is 2.90 bits per heavy atom. The van der Waals surface area contributed by atoms with E-state index in [0.29, 0.717) is 11.5 Å². The van der Waals surface area contributed by atoms with E-state index in [0.717, 1.165) is 15.0 Å². The summed E-state index contributed by atoms with van der Waals surface area (Å²) in [5, 5.41) is 11.5. The number of carboxylic acids is 1. The Labute approximate surface area is 126 Å². The van der Waals surface area contributed by atoms with Crippen molar-refractivity contribution in [3.8, 4) is 22.0 Å². The standard InChI is InChI=1S/C13H7BrN2O3S/c14-9-1-7(3-15-4-9)12-16-10(6-20-12)11-2-8(5-19-11)13(17)18/h1-6H,(H,17,18). The van der Waals surface area contributed by atoms with E-state index in [1.807, 2.05) is 11.4 Å². The van der Waals surface area contributed by atoms with E-state index in [2.05, 4.69) is 25.9 Å². The van der Waals surface area contributed by atoms with Crippen LogP contribution < -0.4 is 0 Å². The van der Waals surface area contributed by atoms with Crippen LogP contribution in [0.2, 0.25) is 0 Å². The summed E-state index contributed by atoms with van der Waals surface area (Å²) in [6, 6.07) is 3.38. The van der Waals surface area contributed by atoms with E-state index < -0.39 is 5.97 Å². The molecule has 0 unspecified atom stereocenters. The highest BCUT2D eigenvalue weighted by Crippen LogP contribution is 2.30. The maximum atomic E-state index is 10.8. The van der Waals surface area contributed by atoms with Gasteiger partial charge in [0.25, 0.3) is 0 Å². The molecule has 0 fully saturated rings. The van der Waals surface area contributed by atoms with Crippen molar-refractivity contribution in [2.45, 2.75) is 0 Å². The summed E-state index contributed by atoms with van der Waals surface area (Å²) in [4.78, 5) is 19.3. The first kappa shape index (κ1) is 13.0. The molecule has 1 N–H and O–H groups in total. The highest BCUT2D eigenvalue weighted by molar-refractivity contribution is 9.10. The number of rotatable bonds is 3. The SMILES string of the molecule is O=C(O)c1coc(-c2csc(-c3cncc(Br)c3)n2)c1. The van der Waals surface area contributed by atoms with Gasteiger partial charge >= 0.3 is 5.97 Å². The van der Waals surface area contributed by atoms with Crippen LogP contribution in [0.1, 0.15) is 10.4 Å². The summed E-state index contributed by atoms with van der Waals surface area (Å²) in [5.41, 5.74) is 1.61. The molecule has 100 valence electrons. The van der Waals surface area contributed by atoms with Crippen molar-refractivity contribution in [1.29, 1.82) is 0 Å². The van der Waals surface area contributed by atoms with Crippen LogP contribution in [0.25, 0.3) is 22.0 Å². The summed E-state index contributed by atoms with van der Waals surface area (Å²) in [7, 11) is 0. The van der Waals surface area contributed by atoms with Crippen LogP contribution >= 0.6 is 27.3 Å². The number of furan rings is 1. The molecule has 3 heterocycles. The van der Waals surface area contributed by atoms with Crippen LogP contribution in [-0.4, -0.2) is 21.0 Å². The fourth-order valence-corrected chi connectivity index (χ4v) is 2.79. The van der Waals surface area contributed by atoms with Gasteiger partial charge in [-0.3, -0.25) is 4.98 Å². The summed E-state index contributed by atoms with van der Waals surface area (Å²) in [5.74, 6) is -0.584. The van der Waals surface area contributed by atoms with Crippen LogP contribution in [0.15, 0.2) is 45.1 Å². The van der Waals surface area contributed by atoms with E-state index in [1.54, 1.807) is 12.4 Å². The molecule has 0 atom stereocenters. The second-order valence-electron chi connectivity index (χ2n) is 3.93. The molecule has 0 aliphatic heterocycles. The maximum Gasteiger partial charge on any atom is 0.338 e. The van der Waals surface area contributed by atoms with E-state index in [9.17, 15) is 4.79 Å². The van der Waals surface area contributed by atoms with Crippen molar-refractivity contribution in [2.24, 2.45) is 0 Å². The minimum absolute atomic E-state index is 0.110. The van der Waals surface area contributed by atoms with Crippen molar-refractivity contribution >= 4 is 33.2 Å². The topological polar surface area (TPSA) is 76.2 Å². The monoisotopic (exact) mass is 350 g/mol. The molecule has 7 heteroatoms. The van der Waals surface area contributed by atoms with Crippen molar-refractivity contribution in [1.82, 2.24) is 9.97 Å². The maximum absolute atomic E-state index is 10.8. The van der Waals surface area contributed by atoms with Crippen LogP contribution in [-0.2, 0) is 0 Å². The third-order valence-electron chi connectivity index (χ3n) is 2.55. The van der Waals surface area contributed by atoms with Gasteiger partial charge in [0.2, 0.25) is 0 Å². The lowest BCUT2D eigenvalue weighted by atomic mass is 10.3. The molecular weight excluding hydrogens is 344 g/mol. The first-order valence-electron chi connectivity index (χ1n) is 5.52. The van der Waals surface area contributed by atoms with Crippen LogP contribution in [0, 0.1) is 0 Å². The summed E-state index contributed by atoms with van der Waals surface area (Å²) < 4.78 is 6.10. The van der Waals surface area contributed by atoms with Gasteiger partial charge in [0.1, 0.15) is 17.0 Å². The predicted octanol–water partition coefficient (Wildman–Crippen LogP) is 3.93. The van der Waals surface area contributed by atoms with Gasteiger partial charge in [0.15, 0.2) is 5.76 Å². The molecular formula is C13H7BrN2O3S. The quantitative estimate of drug-likeness (QED) is 0.774. The minimum Gasteiger partial charge on any atom is -0.478 e. The number of pyridine rings is 1. The lowest BCUT2D eigenvalue weighted by Crippen LogP contribution is -1.91. The molecule has 20 heavy (non-hydrogen) atoms. The van der Waals surface area contributed by atoms with Gasteiger partial charge in [0, 0.05) is 33.9 Å². The normalized spacial score (nSPS) is 10.7. The molecule has 0 aliphatic rings. The number of aromatic nitrogens is 2. The summed E-state index contributed by atoms with van der Waals surface area (Å²) in [6.45, 7) is 0. The first-order chi connectivity index (χ1) is 9.63. The molecule has 3 aromatic heterocycles. The van der Waals surface area contributed by atoms with E-state index in [-0.39, 0.29) is 5.56 Å². The lowest BCUT2D eigenvalue weighted by Gasteiger charge is -1.95. The van der Waals surface area contributed by atoms with E-state index >= 15 is 0 Å². The fourth-order valence-electron chi connectivity index (χ4n) is 1.63. The Bertz CT molecular complexity index is 781. The summed E-state index contributed by atoms with van der Waals surface area (Å²) >= 11 is 4.81. The Kier molecular flexibility index (Phi) is 3.37. The average Bonchev–Trinajstić information content (AvgIpc) is 3.08. The molecule has 0 bridgehead atoms. The van der Waals surface area contributed by atoms with Gasteiger partial charge in [0.05, 0.1) is 5.56 Å². The highest BCUT2D eigenvalue weighted by atomic mass is 79.9. The lowest BCUT2D eigenvalue weighted by molar-refractivity contribution is 0.0696. The van der Waals surface area contributed by atoms with Crippen LogP contribution in [0.3, 0.4) is 0 Å². The third kappa shape index (κ3) is 2.50. The molecule has 0 aliphatic carbocycles. The van der Waals surface area contributed by atoms with Crippen molar-refractivity contribution < 1.29 is 14.3 Å². The molecule has 0 saturated heterocycles. The molecule has 0 radical (unpaired) electrons. The van der Waals surface area contributed by atoms with E-state index in [1.165, 1.54) is 23.7 Å². The van der Waals surface area contributed by atoms with Crippen molar-refractivity contribution in [3.05, 3.63) is 46.2 Å². The number of thiazole rings is 1. The molecule has 3 rings (SSSR count). The zero-order chi connectivity index (χ0) is 14.1. The Balaban J connectivity index is 1.95. The Morgan fingerprint density at radius 1 is 1.35 bits per heavy atom. The van der Waals surface area contributed by atoms with Crippen molar-refractivity contribution in [3.63, 3.8) is 0 Å². The second kappa shape index (κ2) is 5.18. The Morgan fingerprint density at radius 2 is 2.20 bits per heavy atom. The van der Waals surface area contributed by atoms with Crippen molar-refractivity contribution in [2.75, 3.05) is 0 Å². The van der Waals surface area contributed by atoms with Crippen LogP contribution in [0.4, 0.5) is 0 Å². The molecule has 0 saturated carbocycles. The van der Waals surface area contributed by atoms with E-state index in [4.69, 9.17) is 9.52 Å². The summed E-state index contributed by atoms with van der Waals surface area (Å²) in [6.07, 6.45) is 4.62. The first-order valence-corrected chi connectivity index (χ1v) is 7.19. The number of aromatic carboxylic acids is 1. The predicted molar refractivity (Wildman–Crippen MR) is 77.7 cm³/mol. The number of nitrogens with zero attached hydrogens (tertiary/aromatic N) is 2. The number of hydrogen-bond acceptors (Lipinski definition) is 5. The highest BCUT2D eigenvalue weighted by Gasteiger charge is 2.13. The molecule has 0 amide bonds. The number of hydrogen-bond donors (Lipinski definition) is 1. The molecule has 0 aromatic carbocycles.